The van der Waals surface area contributed by atoms with Crippen LogP contribution < -0.4 is 10.2 Å². The summed E-state index contributed by atoms with van der Waals surface area (Å²) in [5.41, 5.74) is 0.348. The number of aliphatic hydroxyl groups excluding tert-OH is 2. The Bertz CT molecular complexity index is 1060. The van der Waals surface area contributed by atoms with Crippen molar-refractivity contribution in [3.8, 4) is 0 Å². The third-order valence-electron chi connectivity index (χ3n) is 6.62. The molecular formula is C22H32N4O6S. The summed E-state index contributed by atoms with van der Waals surface area (Å²) < 4.78 is 13.0. The van der Waals surface area contributed by atoms with Crippen LogP contribution >= 0.6 is 11.3 Å². The molecule has 182 valence electrons. The molecule has 10 nitrogen and oxygen atoms in total. The summed E-state index contributed by atoms with van der Waals surface area (Å²) in [5, 5.41) is 24.6. The fourth-order valence-electron chi connectivity index (χ4n) is 4.26. The Morgan fingerprint density at radius 1 is 1.24 bits per heavy atom. The molecule has 2 aromatic rings. The first kappa shape index (κ1) is 24.1. The van der Waals surface area contributed by atoms with E-state index in [-0.39, 0.29) is 23.3 Å². The van der Waals surface area contributed by atoms with Crippen molar-refractivity contribution in [3.05, 3.63) is 15.5 Å². The number of nitrogens with zero attached hydrogens (tertiary/aromatic N) is 3. The molecule has 3 heterocycles. The number of nitrogens with one attached hydrogen (secondary N) is 1. The van der Waals surface area contributed by atoms with Crippen molar-refractivity contribution in [2.24, 2.45) is 11.8 Å². The number of hydrogen-bond acceptors (Lipinski definition) is 10. The number of ether oxygens (including phenoxy) is 2. The first-order valence-corrected chi connectivity index (χ1v) is 12.3. The summed E-state index contributed by atoms with van der Waals surface area (Å²) in [6.45, 7) is 7.13. The Kier molecular flexibility index (Phi) is 7.04. The summed E-state index contributed by atoms with van der Waals surface area (Å²) in [6, 6.07) is 0.301. The van der Waals surface area contributed by atoms with Crippen molar-refractivity contribution in [3.63, 3.8) is 0 Å². The highest BCUT2D eigenvalue weighted by atomic mass is 32.1. The molecule has 0 spiro atoms. The highest BCUT2D eigenvalue weighted by Crippen LogP contribution is 2.34. The Hall–Kier alpha value is -2.08. The molecule has 0 amide bonds. The van der Waals surface area contributed by atoms with Crippen LogP contribution in [0.4, 0.5) is 5.82 Å². The van der Waals surface area contributed by atoms with E-state index in [0.717, 1.165) is 37.0 Å². The predicted octanol–water partition coefficient (Wildman–Crippen LogP) is 1.97. The second-order valence-electron chi connectivity index (χ2n) is 9.34. The second-order valence-corrected chi connectivity index (χ2v) is 10.3. The van der Waals surface area contributed by atoms with E-state index < -0.39 is 30.5 Å². The molecule has 4 rings (SSSR count). The van der Waals surface area contributed by atoms with E-state index in [1.165, 1.54) is 4.57 Å². The minimum absolute atomic E-state index is 0.107. The topological polar surface area (TPSA) is 136 Å². The maximum Gasteiger partial charge on any atom is 0.311 e. The lowest BCUT2D eigenvalue weighted by Gasteiger charge is -2.18. The molecule has 2 aromatic heterocycles. The molecular weight excluding hydrogens is 448 g/mol. The summed E-state index contributed by atoms with van der Waals surface area (Å²) in [5.74, 6) is 0.485. The van der Waals surface area contributed by atoms with E-state index in [0.29, 0.717) is 28.0 Å². The summed E-state index contributed by atoms with van der Waals surface area (Å²) in [7, 11) is 0. The fourth-order valence-corrected chi connectivity index (χ4v) is 5.16. The van der Waals surface area contributed by atoms with E-state index >= 15 is 0 Å². The molecule has 1 saturated heterocycles. The van der Waals surface area contributed by atoms with Gasteiger partial charge in [-0.15, -0.1) is 0 Å². The van der Waals surface area contributed by atoms with Gasteiger partial charge in [0, 0.05) is 6.04 Å². The summed E-state index contributed by atoms with van der Waals surface area (Å²) in [4.78, 5) is 33.7. The number of aryl methyl sites for hydroxylation is 1. The van der Waals surface area contributed by atoms with Gasteiger partial charge in [-0.1, -0.05) is 44.9 Å². The van der Waals surface area contributed by atoms with Crippen LogP contribution in [0.1, 0.15) is 58.5 Å². The van der Waals surface area contributed by atoms with Gasteiger partial charge < -0.3 is 25.0 Å². The highest BCUT2D eigenvalue weighted by molar-refractivity contribution is 7.17. The molecule has 5 atom stereocenters. The van der Waals surface area contributed by atoms with Gasteiger partial charge in [-0.25, -0.2) is 9.97 Å². The molecule has 0 aromatic carbocycles. The number of anilines is 1. The van der Waals surface area contributed by atoms with Gasteiger partial charge in [0.2, 0.25) is 0 Å². The average Bonchev–Trinajstić information content (AvgIpc) is 3.46. The number of thiazole rings is 1. The normalized spacial score (nSPS) is 26.9. The summed E-state index contributed by atoms with van der Waals surface area (Å²) in [6.07, 6.45) is -0.408. The van der Waals surface area contributed by atoms with Crippen LogP contribution in [0.5, 0.6) is 0 Å². The molecule has 0 bridgehead atoms. The van der Waals surface area contributed by atoms with Gasteiger partial charge in [0.1, 0.15) is 41.3 Å². The molecule has 3 N–H and O–H groups in total. The quantitative estimate of drug-likeness (QED) is 0.508. The fraction of sp³-hybridized carbons (Fsp3) is 0.727. The van der Waals surface area contributed by atoms with Crippen LogP contribution in [0.2, 0.25) is 0 Å². The van der Waals surface area contributed by atoms with E-state index in [1.807, 2.05) is 13.8 Å². The van der Waals surface area contributed by atoms with Crippen molar-refractivity contribution in [2.45, 2.75) is 84.0 Å². The summed E-state index contributed by atoms with van der Waals surface area (Å²) >= 11 is 0.976. The van der Waals surface area contributed by atoms with Gasteiger partial charge in [0.05, 0.1) is 5.92 Å². The first-order chi connectivity index (χ1) is 15.7. The van der Waals surface area contributed by atoms with Gasteiger partial charge in [0.15, 0.2) is 11.9 Å². The zero-order valence-corrected chi connectivity index (χ0v) is 20.2. The smallest absolute Gasteiger partial charge is 0.311 e. The number of hydrogen-bond donors (Lipinski definition) is 3. The minimum Gasteiger partial charge on any atom is -0.463 e. The lowest BCUT2D eigenvalue weighted by molar-refractivity contribution is -0.155. The molecule has 0 unspecified atom stereocenters. The Morgan fingerprint density at radius 3 is 2.61 bits per heavy atom. The molecule has 1 aliphatic heterocycles. The maximum absolute atomic E-state index is 12.9. The lowest BCUT2D eigenvalue weighted by atomic mass is 9.99. The van der Waals surface area contributed by atoms with Gasteiger partial charge in [-0.05, 0) is 25.7 Å². The van der Waals surface area contributed by atoms with Crippen LogP contribution in [-0.2, 0) is 14.3 Å². The van der Waals surface area contributed by atoms with E-state index in [4.69, 9.17) is 9.47 Å². The molecule has 0 radical (unpaired) electrons. The predicted molar refractivity (Wildman–Crippen MR) is 123 cm³/mol. The number of carbonyl (C=O) groups is 1. The number of esters is 1. The number of fused-ring (bicyclic) bond motifs is 1. The van der Waals surface area contributed by atoms with Gasteiger partial charge in [0.25, 0.3) is 0 Å². The minimum atomic E-state index is -1.38. The lowest BCUT2D eigenvalue weighted by Crippen LogP contribution is -2.35. The van der Waals surface area contributed by atoms with Gasteiger partial charge >= 0.3 is 10.8 Å². The number of aliphatic hydroxyl groups is 2. The van der Waals surface area contributed by atoms with Crippen molar-refractivity contribution < 1.29 is 24.5 Å². The van der Waals surface area contributed by atoms with Crippen molar-refractivity contribution in [1.29, 1.82) is 0 Å². The highest BCUT2D eigenvalue weighted by Gasteiger charge is 2.46. The molecule has 33 heavy (non-hydrogen) atoms. The SMILES string of the molecule is Cc1nc(NC2CCCC2)c2sc(=O)n([C@@H]3O[C@H](COC(=O)[C@@H](C)C(C)C)[C@@H](O)[C@H]3O)c2n1. The third kappa shape index (κ3) is 4.77. The van der Waals surface area contributed by atoms with Crippen molar-refractivity contribution >= 4 is 33.5 Å². The van der Waals surface area contributed by atoms with E-state index in [1.54, 1.807) is 13.8 Å². The van der Waals surface area contributed by atoms with Crippen LogP contribution in [-0.4, -0.2) is 61.7 Å². The zero-order valence-electron chi connectivity index (χ0n) is 19.4. The Labute approximate surface area is 196 Å². The third-order valence-corrected chi connectivity index (χ3v) is 7.57. The molecule has 2 aliphatic rings. The zero-order chi connectivity index (χ0) is 23.9. The van der Waals surface area contributed by atoms with Gasteiger partial charge in [-0.3, -0.25) is 14.2 Å². The average molecular weight is 481 g/mol. The first-order valence-electron chi connectivity index (χ1n) is 11.5. The number of rotatable bonds is 7. The van der Waals surface area contributed by atoms with Crippen molar-refractivity contribution in [1.82, 2.24) is 14.5 Å². The standard InChI is InChI=1S/C22H32N4O6S/c1-10(2)11(3)21(29)31-9-14-15(27)16(28)20(32-14)26-19-17(33-22(26)30)18(23-12(4)24-19)25-13-7-5-6-8-13/h10-11,13-16,20,27-28H,5-9H2,1-4H3,(H,23,24,25)/t11-,14+,15+,16+,20+/m0/s1. The van der Waals surface area contributed by atoms with Crippen LogP contribution in [0.25, 0.3) is 10.3 Å². The maximum atomic E-state index is 12.9. The van der Waals surface area contributed by atoms with E-state index in [9.17, 15) is 19.8 Å². The van der Waals surface area contributed by atoms with Crippen molar-refractivity contribution in [2.75, 3.05) is 11.9 Å². The Morgan fingerprint density at radius 2 is 1.94 bits per heavy atom. The number of aromatic nitrogens is 3. The molecule has 11 heteroatoms. The molecule has 2 fully saturated rings. The largest absolute Gasteiger partial charge is 0.463 e. The second kappa shape index (κ2) is 9.65. The van der Waals surface area contributed by atoms with Crippen LogP contribution in [0.15, 0.2) is 4.79 Å². The molecule has 1 saturated carbocycles. The van der Waals surface area contributed by atoms with Gasteiger partial charge in [-0.2, -0.15) is 0 Å². The molecule has 1 aliphatic carbocycles. The van der Waals surface area contributed by atoms with Crippen LogP contribution in [0.3, 0.4) is 0 Å². The number of carbonyl (C=O) groups excluding carboxylic acids is 1. The van der Waals surface area contributed by atoms with E-state index in [2.05, 4.69) is 15.3 Å². The monoisotopic (exact) mass is 480 g/mol. The Balaban J connectivity index is 1.58. The van der Waals surface area contributed by atoms with Crippen LogP contribution in [0, 0.1) is 18.8 Å².